The van der Waals surface area contributed by atoms with Gasteiger partial charge >= 0.3 is 17.9 Å². The van der Waals surface area contributed by atoms with Crippen LogP contribution >= 0.6 is 0 Å². The Hall–Kier alpha value is -5.52. The molecule has 12 nitrogen and oxygen atoms in total. The predicted octanol–water partition coefficient (Wildman–Crippen LogP) is 5.69. The zero-order valence-electron chi connectivity index (χ0n) is 35.9. The number of carbonyl (C=O) groups is 6. The second kappa shape index (κ2) is 21.5. The van der Waals surface area contributed by atoms with E-state index in [-0.39, 0.29) is 19.3 Å². The van der Waals surface area contributed by atoms with Gasteiger partial charge in [-0.3, -0.25) is 14.4 Å². The number of carbonyl (C=O) groups excluding carboxylic acids is 6. The molecule has 0 aliphatic carbocycles. The van der Waals surface area contributed by atoms with Gasteiger partial charge in [-0.2, -0.15) is 0 Å². The van der Waals surface area contributed by atoms with Crippen LogP contribution in [0.4, 0.5) is 0 Å². The van der Waals surface area contributed by atoms with Gasteiger partial charge in [-0.05, 0) is 35.4 Å². The first-order chi connectivity index (χ1) is 28.1. The van der Waals surface area contributed by atoms with E-state index in [1.54, 1.807) is 27.7 Å². The van der Waals surface area contributed by atoms with Crippen molar-refractivity contribution < 1.29 is 43.0 Å². The Morgan fingerprint density at radius 1 is 0.441 bits per heavy atom. The minimum atomic E-state index is -1.36. The normalized spacial score (nSPS) is 24.2. The molecule has 1 saturated heterocycles. The molecule has 0 saturated carbocycles. The summed E-state index contributed by atoms with van der Waals surface area (Å²) in [6.07, 6.45) is -3.07. The summed E-state index contributed by atoms with van der Waals surface area (Å²) in [4.78, 5) is 90.9. The quantitative estimate of drug-likeness (QED) is 0.177. The molecule has 0 N–H and O–H groups in total. The van der Waals surface area contributed by atoms with E-state index in [1.165, 1.54) is 35.8 Å². The van der Waals surface area contributed by atoms with E-state index in [0.717, 1.165) is 16.7 Å². The van der Waals surface area contributed by atoms with Crippen LogP contribution in [0.2, 0.25) is 0 Å². The SMILES string of the molecule is CCC(C)[C@H]1OC(=O)[C@H](Cc2ccccc2)N(C)C(=O)[C@@H](C(C)C)OC(=O)[C@H](Cc2ccccc2)N(C)C(=O)[C@@H](C(C)CC)OC(=O)[C@H](Cc2ccccc2)N(C)C1=O. The average Bonchev–Trinajstić information content (AvgIpc) is 3.25. The minimum absolute atomic E-state index is 0.0335. The predicted molar refractivity (Wildman–Crippen MR) is 223 cm³/mol. The van der Waals surface area contributed by atoms with E-state index in [1.807, 2.05) is 105 Å². The molecule has 59 heavy (non-hydrogen) atoms. The molecule has 3 amide bonds. The van der Waals surface area contributed by atoms with Gasteiger partial charge in [0, 0.05) is 52.2 Å². The van der Waals surface area contributed by atoms with Crippen LogP contribution in [0.25, 0.3) is 0 Å². The largest absolute Gasteiger partial charge is 0.450 e. The number of benzene rings is 3. The van der Waals surface area contributed by atoms with E-state index in [9.17, 15) is 28.8 Å². The molecule has 0 aromatic heterocycles. The number of ether oxygens (including phenoxy) is 3. The van der Waals surface area contributed by atoms with Crippen molar-refractivity contribution in [3.05, 3.63) is 108 Å². The Kier molecular flexibility index (Phi) is 16.8. The molecule has 8 atom stereocenters. The highest BCUT2D eigenvalue weighted by molar-refractivity contribution is 5.94. The standard InChI is InChI=1S/C47H61N3O9/c1-10-31(5)40-43(52)49(8)36(27-33-21-15-12-16-22-33)45(54)57-39(30(3)4)42(51)48(7)37(28-34-23-17-13-18-24-34)46(55)58-41(32(6)11-2)44(53)50(9)38(47(56)59-40)29-35-25-19-14-20-26-35/h12-26,30-32,36-41H,10-11,27-29H2,1-9H3/t31?,32?,36-,37-,38-,39+,40+,41+/m0/s1. The highest BCUT2D eigenvalue weighted by Gasteiger charge is 2.44. The van der Waals surface area contributed by atoms with Crippen molar-refractivity contribution in [1.29, 1.82) is 0 Å². The zero-order valence-corrected chi connectivity index (χ0v) is 35.9. The number of hydrogen-bond acceptors (Lipinski definition) is 9. The van der Waals surface area contributed by atoms with Crippen molar-refractivity contribution in [2.75, 3.05) is 21.1 Å². The van der Waals surface area contributed by atoms with Crippen LogP contribution in [0.5, 0.6) is 0 Å². The van der Waals surface area contributed by atoms with E-state index in [0.29, 0.717) is 12.8 Å². The average molecular weight is 812 g/mol. The summed E-state index contributed by atoms with van der Waals surface area (Å²) in [5, 5.41) is 0. The molecule has 2 unspecified atom stereocenters. The fourth-order valence-corrected chi connectivity index (χ4v) is 7.04. The van der Waals surface area contributed by atoms with Crippen molar-refractivity contribution in [3.8, 4) is 0 Å². The minimum Gasteiger partial charge on any atom is -0.450 e. The smallest absolute Gasteiger partial charge is 0.329 e. The third-order valence-electron chi connectivity index (χ3n) is 11.5. The molecule has 1 heterocycles. The summed E-state index contributed by atoms with van der Waals surface area (Å²) < 4.78 is 18.3. The molecule has 4 rings (SSSR count). The summed E-state index contributed by atoms with van der Waals surface area (Å²) in [7, 11) is 4.36. The Morgan fingerprint density at radius 2 is 0.695 bits per heavy atom. The Bertz CT molecular complexity index is 1830. The lowest BCUT2D eigenvalue weighted by molar-refractivity contribution is -0.180. The molecule has 1 fully saturated rings. The van der Waals surface area contributed by atoms with Crippen LogP contribution < -0.4 is 0 Å². The first-order valence-electron chi connectivity index (χ1n) is 20.6. The van der Waals surface area contributed by atoms with Crippen molar-refractivity contribution in [1.82, 2.24) is 14.7 Å². The van der Waals surface area contributed by atoms with E-state index in [2.05, 4.69) is 0 Å². The number of hydrogen-bond donors (Lipinski definition) is 0. The van der Waals surface area contributed by atoms with Gasteiger partial charge in [-0.1, -0.05) is 133 Å². The van der Waals surface area contributed by atoms with Crippen LogP contribution in [-0.4, -0.2) is 108 Å². The van der Waals surface area contributed by atoms with E-state index in [4.69, 9.17) is 14.2 Å². The van der Waals surface area contributed by atoms with Crippen molar-refractivity contribution in [3.63, 3.8) is 0 Å². The Labute approximate surface area is 349 Å². The Balaban J connectivity index is 1.91. The molecular formula is C47H61N3O9. The van der Waals surface area contributed by atoms with Crippen LogP contribution in [-0.2, 0) is 62.2 Å². The summed E-state index contributed by atoms with van der Waals surface area (Å²) in [5.41, 5.74) is 2.18. The number of cyclic esters (lactones) is 3. The van der Waals surface area contributed by atoms with Crippen LogP contribution in [0, 0.1) is 17.8 Å². The van der Waals surface area contributed by atoms with Gasteiger partial charge in [0.05, 0.1) is 0 Å². The topological polar surface area (TPSA) is 140 Å². The van der Waals surface area contributed by atoms with Crippen LogP contribution in [0.3, 0.4) is 0 Å². The number of likely N-dealkylation sites (N-methyl/N-ethyl adjacent to an activating group) is 3. The Morgan fingerprint density at radius 3 is 0.949 bits per heavy atom. The number of nitrogens with zero attached hydrogens (tertiary/aromatic N) is 3. The van der Waals surface area contributed by atoms with E-state index < -0.39 is 89.8 Å². The maximum Gasteiger partial charge on any atom is 0.329 e. The van der Waals surface area contributed by atoms with Gasteiger partial charge in [0.15, 0.2) is 18.3 Å². The van der Waals surface area contributed by atoms with Crippen LogP contribution in [0.1, 0.15) is 71.1 Å². The van der Waals surface area contributed by atoms with Crippen molar-refractivity contribution in [2.24, 2.45) is 17.8 Å². The highest BCUT2D eigenvalue weighted by Crippen LogP contribution is 2.25. The van der Waals surface area contributed by atoms with Gasteiger partial charge in [-0.25, -0.2) is 14.4 Å². The number of rotatable bonds is 11. The van der Waals surface area contributed by atoms with E-state index >= 15 is 0 Å². The third kappa shape index (κ3) is 11.8. The molecule has 1 aliphatic heterocycles. The van der Waals surface area contributed by atoms with Gasteiger partial charge in [0.2, 0.25) is 0 Å². The van der Waals surface area contributed by atoms with Crippen LogP contribution in [0.15, 0.2) is 91.0 Å². The fraction of sp³-hybridized carbons (Fsp3) is 0.489. The van der Waals surface area contributed by atoms with Gasteiger partial charge in [0.25, 0.3) is 17.7 Å². The maximum atomic E-state index is 14.7. The van der Waals surface area contributed by atoms with Crippen molar-refractivity contribution in [2.45, 2.75) is 110 Å². The molecule has 1 aliphatic rings. The molecule has 3 aromatic rings. The third-order valence-corrected chi connectivity index (χ3v) is 11.5. The summed E-state index contributed by atoms with van der Waals surface area (Å²) in [5.74, 6) is -5.99. The number of esters is 3. The molecular weight excluding hydrogens is 751 g/mol. The summed E-state index contributed by atoms with van der Waals surface area (Å²) in [6.45, 7) is 10.7. The lowest BCUT2D eigenvalue weighted by Gasteiger charge is -2.37. The summed E-state index contributed by atoms with van der Waals surface area (Å²) >= 11 is 0. The highest BCUT2D eigenvalue weighted by atomic mass is 16.6. The van der Waals surface area contributed by atoms with Gasteiger partial charge in [-0.15, -0.1) is 0 Å². The van der Waals surface area contributed by atoms with Crippen molar-refractivity contribution >= 4 is 35.6 Å². The first-order valence-corrected chi connectivity index (χ1v) is 20.6. The number of amides is 3. The van der Waals surface area contributed by atoms with Gasteiger partial charge < -0.3 is 28.9 Å². The lowest BCUT2D eigenvalue weighted by Crippen LogP contribution is -2.57. The second-order valence-electron chi connectivity index (χ2n) is 16.1. The molecule has 0 spiro atoms. The second-order valence-corrected chi connectivity index (χ2v) is 16.1. The molecule has 0 bridgehead atoms. The lowest BCUT2D eigenvalue weighted by atomic mass is 9.97. The molecule has 318 valence electrons. The zero-order chi connectivity index (χ0) is 43.4. The molecule has 0 radical (unpaired) electrons. The molecule has 12 heteroatoms. The fourth-order valence-electron chi connectivity index (χ4n) is 7.04. The van der Waals surface area contributed by atoms with Gasteiger partial charge in [0.1, 0.15) is 18.1 Å². The molecule has 3 aromatic carbocycles. The monoisotopic (exact) mass is 811 g/mol. The maximum absolute atomic E-state index is 14.7. The summed E-state index contributed by atoms with van der Waals surface area (Å²) in [6, 6.07) is 23.6. The first kappa shape index (κ1) is 46.2.